The molecule has 0 aliphatic heterocycles. The van der Waals surface area contributed by atoms with Crippen molar-refractivity contribution < 1.29 is 14.7 Å². The Kier molecular flexibility index (Phi) is 12.3. The van der Waals surface area contributed by atoms with Gasteiger partial charge >= 0.3 is 0 Å². The molecule has 0 aromatic heterocycles. The Labute approximate surface area is 123 Å². The molecule has 0 atom stereocenters. The van der Waals surface area contributed by atoms with Gasteiger partial charge in [0.25, 0.3) is 0 Å². The zero-order valence-corrected chi connectivity index (χ0v) is 13.2. The first kappa shape index (κ1) is 18.9. The molecule has 0 heterocycles. The van der Waals surface area contributed by atoms with Crippen LogP contribution in [0.5, 0.6) is 0 Å². The summed E-state index contributed by atoms with van der Waals surface area (Å²) in [7, 11) is 1.65. The van der Waals surface area contributed by atoms with Crippen LogP contribution in [-0.2, 0) is 9.59 Å². The van der Waals surface area contributed by atoms with E-state index in [0.717, 1.165) is 12.8 Å². The summed E-state index contributed by atoms with van der Waals surface area (Å²) in [5.74, 6) is -1.07. The molecule has 0 spiro atoms. The maximum atomic E-state index is 11.7. The number of amides is 1. The first-order chi connectivity index (χ1) is 9.57. The normalized spacial score (nSPS) is 10.5. The minimum Gasteiger partial charge on any atom is -0.550 e. The summed E-state index contributed by atoms with van der Waals surface area (Å²) in [6, 6.07) is 0. The maximum Gasteiger partial charge on any atom is 0.222 e. The summed E-state index contributed by atoms with van der Waals surface area (Å²) in [5.41, 5.74) is 0. The second-order valence-corrected chi connectivity index (χ2v) is 5.52. The fraction of sp³-hybridized carbons (Fsp3) is 0.875. The number of nitrogens with zero attached hydrogens (tertiary/aromatic N) is 1. The monoisotopic (exact) mass is 284 g/mol. The molecule has 0 aromatic rings. The molecule has 0 aliphatic carbocycles. The number of hydrogen-bond acceptors (Lipinski definition) is 3. The molecular weight excluding hydrogens is 254 g/mol. The molecule has 0 saturated heterocycles. The van der Waals surface area contributed by atoms with Gasteiger partial charge in [-0.3, -0.25) is 4.79 Å². The predicted octanol–water partition coefficient (Wildman–Crippen LogP) is 2.51. The minimum atomic E-state index is -1.10. The van der Waals surface area contributed by atoms with Crippen LogP contribution in [0.1, 0.15) is 77.6 Å². The van der Waals surface area contributed by atoms with Gasteiger partial charge in [0.1, 0.15) is 0 Å². The summed E-state index contributed by atoms with van der Waals surface area (Å²) < 4.78 is 0. The minimum absolute atomic E-state index is 0.0363. The molecule has 1 amide bonds. The van der Waals surface area contributed by atoms with Crippen LogP contribution < -0.4 is 5.11 Å². The Balaban J connectivity index is 3.36. The summed E-state index contributed by atoms with van der Waals surface area (Å²) in [6.07, 6.45) is 11.5. The van der Waals surface area contributed by atoms with Crippen molar-refractivity contribution in [2.24, 2.45) is 0 Å². The molecule has 0 N–H and O–H groups in total. The van der Waals surface area contributed by atoms with Gasteiger partial charge in [0.05, 0.1) is 0 Å². The van der Waals surface area contributed by atoms with Crippen molar-refractivity contribution in [2.75, 3.05) is 13.6 Å². The van der Waals surface area contributed by atoms with E-state index >= 15 is 0 Å². The van der Waals surface area contributed by atoms with Gasteiger partial charge in [-0.15, -0.1) is 0 Å². The van der Waals surface area contributed by atoms with E-state index in [-0.39, 0.29) is 18.9 Å². The number of carbonyl (C=O) groups is 2. The lowest BCUT2D eigenvalue weighted by atomic mass is 10.1. The van der Waals surface area contributed by atoms with Crippen molar-refractivity contribution in [1.82, 2.24) is 4.90 Å². The topological polar surface area (TPSA) is 60.4 Å². The Morgan fingerprint density at radius 1 is 0.850 bits per heavy atom. The standard InChI is InChI=1S/C16H31NO3/c1-3-4-5-6-7-8-9-10-11-12-15(18)17(2)14-13-16(19)20/h3-14H2,1-2H3,(H,19,20)/p-1. The number of unbranched alkanes of at least 4 members (excludes halogenated alkanes) is 8. The van der Waals surface area contributed by atoms with Crippen molar-refractivity contribution in [3.05, 3.63) is 0 Å². The first-order valence-corrected chi connectivity index (χ1v) is 8.01. The fourth-order valence-electron chi connectivity index (χ4n) is 2.16. The molecule has 0 bridgehead atoms. The molecule has 0 fully saturated rings. The quantitative estimate of drug-likeness (QED) is 0.488. The van der Waals surface area contributed by atoms with Gasteiger partial charge in [0, 0.05) is 32.4 Å². The highest BCUT2D eigenvalue weighted by Gasteiger charge is 2.07. The smallest absolute Gasteiger partial charge is 0.222 e. The van der Waals surface area contributed by atoms with E-state index in [0.29, 0.717) is 6.42 Å². The van der Waals surface area contributed by atoms with Crippen LogP contribution in [0, 0.1) is 0 Å². The van der Waals surface area contributed by atoms with Gasteiger partial charge < -0.3 is 14.8 Å². The Bertz CT molecular complexity index is 266. The van der Waals surface area contributed by atoms with Crippen LogP contribution in [0.3, 0.4) is 0 Å². The molecule has 0 aromatic carbocycles. The average Bonchev–Trinajstić information content (AvgIpc) is 2.42. The Hall–Kier alpha value is -1.06. The average molecular weight is 284 g/mol. The molecule has 0 radical (unpaired) electrons. The lowest BCUT2D eigenvalue weighted by molar-refractivity contribution is -0.305. The molecule has 0 rings (SSSR count). The van der Waals surface area contributed by atoms with Gasteiger partial charge in [0.2, 0.25) is 5.91 Å². The highest BCUT2D eigenvalue weighted by molar-refractivity contribution is 5.76. The van der Waals surface area contributed by atoms with Gasteiger partial charge in [-0.2, -0.15) is 0 Å². The lowest BCUT2D eigenvalue weighted by Crippen LogP contribution is -2.32. The van der Waals surface area contributed by atoms with Crippen LogP contribution in [0.15, 0.2) is 0 Å². The van der Waals surface area contributed by atoms with Crippen LogP contribution in [0.2, 0.25) is 0 Å². The van der Waals surface area contributed by atoms with Gasteiger partial charge in [-0.05, 0) is 6.42 Å². The molecule has 0 saturated carbocycles. The van der Waals surface area contributed by atoms with Crippen molar-refractivity contribution in [2.45, 2.75) is 77.6 Å². The zero-order valence-electron chi connectivity index (χ0n) is 13.2. The lowest BCUT2D eigenvalue weighted by Gasteiger charge is -2.17. The molecule has 0 unspecified atom stereocenters. The highest BCUT2D eigenvalue weighted by atomic mass is 16.4. The van der Waals surface area contributed by atoms with Crippen molar-refractivity contribution in [3.8, 4) is 0 Å². The predicted molar refractivity (Wildman–Crippen MR) is 79.1 cm³/mol. The van der Waals surface area contributed by atoms with Crippen LogP contribution in [-0.4, -0.2) is 30.4 Å². The number of rotatable bonds is 13. The van der Waals surface area contributed by atoms with E-state index in [1.54, 1.807) is 7.05 Å². The second-order valence-electron chi connectivity index (χ2n) is 5.52. The van der Waals surface area contributed by atoms with Gasteiger partial charge in [0.15, 0.2) is 0 Å². The van der Waals surface area contributed by atoms with E-state index in [2.05, 4.69) is 6.92 Å². The SMILES string of the molecule is CCCCCCCCCCCC(=O)N(C)CCC(=O)[O-]. The van der Waals surface area contributed by atoms with E-state index in [1.165, 1.54) is 49.8 Å². The second kappa shape index (κ2) is 12.9. The Morgan fingerprint density at radius 2 is 1.35 bits per heavy atom. The number of aliphatic carboxylic acids is 1. The number of hydrogen-bond donors (Lipinski definition) is 0. The largest absolute Gasteiger partial charge is 0.550 e. The number of carboxylic acid groups (broad SMARTS) is 1. The number of carbonyl (C=O) groups excluding carboxylic acids is 2. The van der Waals surface area contributed by atoms with E-state index in [1.807, 2.05) is 0 Å². The summed E-state index contributed by atoms with van der Waals surface area (Å²) in [5, 5.41) is 10.3. The number of carboxylic acids is 1. The molecule has 118 valence electrons. The summed E-state index contributed by atoms with van der Waals surface area (Å²) in [6.45, 7) is 2.47. The molecule has 4 heteroatoms. The third kappa shape index (κ3) is 12.0. The summed E-state index contributed by atoms with van der Waals surface area (Å²) >= 11 is 0. The van der Waals surface area contributed by atoms with Crippen molar-refractivity contribution in [1.29, 1.82) is 0 Å². The Morgan fingerprint density at radius 3 is 1.85 bits per heavy atom. The third-order valence-corrected chi connectivity index (χ3v) is 3.57. The molecule has 0 aliphatic rings. The zero-order chi connectivity index (χ0) is 15.2. The summed E-state index contributed by atoms with van der Waals surface area (Å²) in [4.78, 5) is 23.5. The van der Waals surface area contributed by atoms with Crippen LogP contribution in [0.25, 0.3) is 0 Å². The first-order valence-electron chi connectivity index (χ1n) is 8.01. The van der Waals surface area contributed by atoms with Crippen LogP contribution >= 0.6 is 0 Å². The van der Waals surface area contributed by atoms with Crippen molar-refractivity contribution >= 4 is 11.9 Å². The highest BCUT2D eigenvalue weighted by Crippen LogP contribution is 2.11. The third-order valence-electron chi connectivity index (χ3n) is 3.57. The van der Waals surface area contributed by atoms with E-state index in [9.17, 15) is 14.7 Å². The van der Waals surface area contributed by atoms with E-state index in [4.69, 9.17) is 0 Å². The fourth-order valence-corrected chi connectivity index (χ4v) is 2.16. The van der Waals surface area contributed by atoms with Crippen LogP contribution in [0.4, 0.5) is 0 Å². The van der Waals surface area contributed by atoms with Gasteiger partial charge in [-0.1, -0.05) is 58.3 Å². The van der Waals surface area contributed by atoms with Gasteiger partial charge in [-0.25, -0.2) is 0 Å². The van der Waals surface area contributed by atoms with Crippen molar-refractivity contribution in [3.63, 3.8) is 0 Å². The maximum absolute atomic E-state index is 11.7. The van der Waals surface area contributed by atoms with E-state index < -0.39 is 5.97 Å². The molecule has 20 heavy (non-hydrogen) atoms. The molecule has 4 nitrogen and oxygen atoms in total. The molecular formula is C16H30NO3-.